The van der Waals surface area contributed by atoms with Gasteiger partial charge in [0.25, 0.3) is 11.9 Å². The largest absolute Gasteiger partial charge is 0.254 e. The molecule has 0 bridgehead atoms. The number of nitrogens with one attached hydrogen (secondary N) is 1. The van der Waals surface area contributed by atoms with Crippen molar-refractivity contribution in [3.63, 3.8) is 0 Å². The van der Waals surface area contributed by atoms with Crippen LogP contribution in [0.1, 0.15) is 0 Å². The van der Waals surface area contributed by atoms with E-state index in [0.717, 1.165) is 6.33 Å². The Morgan fingerprint density at radius 1 is 1.06 bits per heavy atom. The molecule has 16 heavy (non-hydrogen) atoms. The van der Waals surface area contributed by atoms with Crippen LogP contribution in [0.4, 0.5) is 17.6 Å². The van der Waals surface area contributed by atoms with Crippen molar-refractivity contribution in [3.05, 3.63) is 29.9 Å². The van der Waals surface area contributed by atoms with Crippen LogP contribution >= 0.6 is 11.8 Å². The summed E-state index contributed by atoms with van der Waals surface area (Å²) in [7, 11) is 0. The number of rotatable bonds is 2. The molecule has 0 saturated carbocycles. The average Bonchev–Trinajstić information content (AvgIpc) is 2.74. The molecule has 0 radical (unpaired) electrons. The smallest absolute Gasteiger partial charge is 0.252 e. The molecule has 4 nitrogen and oxygen atoms in total. The number of hydrogen-bond donors (Lipinski definition) is 1. The molecule has 9 heteroatoms. The fourth-order valence-corrected chi connectivity index (χ4v) is 1.64. The first-order valence-electron chi connectivity index (χ1n) is 3.83. The SMILES string of the molecule is Fc1nc(F)c(F)c(Sc2ncn[nH]2)c1F. The number of H-pyrrole nitrogens is 1. The van der Waals surface area contributed by atoms with Crippen molar-refractivity contribution < 1.29 is 17.6 Å². The molecule has 0 amide bonds. The third-order valence-electron chi connectivity index (χ3n) is 1.55. The predicted octanol–water partition coefficient (Wildman–Crippen LogP) is 1.91. The van der Waals surface area contributed by atoms with Crippen molar-refractivity contribution in [2.75, 3.05) is 0 Å². The minimum atomic E-state index is -1.71. The summed E-state index contributed by atoms with van der Waals surface area (Å²) < 4.78 is 51.6. The van der Waals surface area contributed by atoms with Gasteiger partial charge in [0, 0.05) is 0 Å². The van der Waals surface area contributed by atoms with Crippen molar-refractivity contribution >= 4 is 11.8 Å². The third-order valence-corrected chi connectivity index (χ3v) is 2.50. The number of nitrogens with zero attached hydrogens (tertiary/aromatic N) is 3. The van der Waals surface area contributed by atoms with E-state index in [0.29, 0.717) is 11.8 Å². The molecule has 0 atom stereocenters. The van der Waals surface area contributed by atoms with Crippen LogP contribution in [0.25, 0.3) is 0 Å². The molecule has 0 unspecified atom stereocenters. The standard InChI is InChI=1S/C7H2F4N4S/c8-2-4(16-7-12-1-13-15-7)3(9)6(11)14-5(2)10/h1H,(H,12,13,15). The molecule has 0 aromatic carbocycles. The van der Waals surface area contributed by atoms with Gasteiger partial charge < -0.3 is 0 Å². The van der Waals surface area contributed by atoms with Gasteiger partial charge >= 0.3 is 0 Å². The topological polar surface area (TPSA) is 54.5 Å². The predicted molar refractivity (Wildman–Crippen MR) is 44.6 cm³/mol. The number of pyridine rings is 1. The minimum absolute atomic E-state index is 0.00259. The summed E-state index contributed by atoms with van der Waals surface area (Å²) in [5.74, 6) is -6.55. The highest BCUT2D eigenvalue weighted by Gasteiger charge is 2.22. The van der Waals surface area contributed by atoms with Crippen LogP contribution in [0.3, 0.4) is 0 Å². The monoisotopic (exact) mass is 250 g/mol. The van der Waals surface area contributed by atoms with Crippen LogP contribution in [-0.4, -0.2) is 20.2 Å². The van der Waals surface area contributed by atoms with Crippen LogP contribution in [0.5, 0.6) is 0 Å². The molecular weight excluding hydrogens is 248 g/mol. The number of halogens is 4. The van der Waals surface area contributed by atoms with Crippen LogP contribution in [0.15, 0.2) is 16.4 Å². The Hall–Kier alpha value is -1.64. The molecule has 0 fully saturated rings. The first-order chi connectivity index (χ1) is 7.59. The molecule has 2 rings (SSSR count). The van der Waals surface area contributed by atoms with E-state index in [1.54, 1.807) is 0 Å². The lowest BCUT2D eigenvalue weighted by Gasteiger charge is -2.02. The zero-order valence-corrected chi connectivity index (χ0v) is 8.16. The second-order valence-corrected chi connectivity index (χ2v) is 3.54. The van der Waals surface area contributed by atoms with Crippen LogP contribution in [0.2, 0.25) is 0 Å². The Balaban J connectivity index is 2.47. The van der Waals surface area contributed by atoms with Crippen LogP contribution in [-0.2, 0) is 0 Å². The Bertz CT molecular complexity index is 489. The van der Waals surface area contributed by atoms with Gasteiger partial charge in [-0.3, -0.25) is 5.10 Å². The lowest BCUT2D eigenvalue weighted by Crippen LogP contribution is -2.02. The molecule has 0 saturated heterocycles. The zero-order chi connectivity index (χ0) is 11.7. The fourth-order valence-electron chi connectivity index (χ4n) is 0.898. The van der Waals surface area contributed by atoms with Crippen LogP contribution in [0, 0.1) is 23.5 Å². The van der Waals surface area contributed by atoms with E-state index in [-0.39, 0.29) is 5.16 Å². The Morgan fingerprint density at radius 3 is 2.19 bits per heavy atom. The van der Waals surface area contributed by atoms with Crippen LogP contribution < -0.4 is 0 Å². The normalized spacial score (nSPS) is 10.8. The summed E-state index contributed by atoms with van der Waals surface area (Å²) in [5.41, 5.74) is 0. The summed E-state index contributed by atoms with van der Waals surface area (Å²) in [6.45, 7) is 0. The van der Waals surface area contributed by atoms with E-state index in [9.17, 15) is 17.6 Å². The number of aromatic nitrogens is 4. The number of aromatic amines is 1. The van der Waals surface area contributed by atoms with E-state index in [1.807, 2.05) is 0 Å². The van der Waals surface area contributed by atoms with Gasteiger partial charge in [0.2, 0.25) is 0 Å². The van der Waals surface area contributed by atoms with Gasteiger partial charge in [-0.05, 0) is 11.8 Å². The van der Waals surface area contributed by atoms with Gasteiger partial charge in [-0.25, -0.2) is 13.8 Å². The molecule has 2 aromatic heterocycles. The van der Waals surface area contributed by atoms with Gasteiger partial charge in [-0.2, -0.15) is 18.9 Å². The Kier molecular flexibility index (Phi) is 2.77. The minimum Gasteiger partial charge on any atom is -0.254 e. The zero-order valence-electron chi connectivity index (χ0n) is 7.34. The lowest BCUT2D eigenvalue weighted by atomic mass is 10.4. The maximum atomic E-state index is 13.1. The molecule has 0 aliphatic carbocycles. The lowest BCUT2D eigenvalue weighted by molar-refractivity contribution is 0.383. The third kappa shape index (κ3) is 1.85. The van der Waals surface area contributed by atoms with Crippen molar-refractivity contribution in [2.45, 2.75) is 10.1 Å². The fraction of sp³-hybridized carbons (Fsp3) is 0. The maximum absolute atomic E-state index is 13.1. The second-order valence-electron chi connectivity index (χ2n) is 2.54. The summed E-state index contributed by atoms with van der Waals surface area (Å²) in [6, 6.07) is 0. The van der Waals surface area contributed by atoms with Crippen molar-refractivity contribution in [1.82, 2.24) is 20.2 Å². The van der Waals surface area contributed by atoms with Gasteiger partial charge in [-0.15, -0.1) is 0 Å². The maximum Gasteiger partial charge on any atom is 0.252 e. The average molecular weight is 250 g/mol. The highest BCUT2D eigenvalue weighted by molar-refractivity contribution is 7.99. The summed E-state index contributed by atoms with van der Waals surface area (Å²) in [4.78, 5) is 5.11. The van der Waals surface area contributed by atoms with Gasteiger partial charge in [0.05, 0.1) is 4.90 Å². The van der Waals surface area contributed by atoms with E-state index < -0.39 is 28.4 Å². The quantitative estimate of drug-likeness (QED) is 0.653. The molecule has 2 aromatic rings. The highest BCUT2D eigenvalue weighted by Crippen LogP contribution is 2.30. The Labute approximate surface area is 90.1 Å². The summed E-state index contributed by atoms with van der Waals surface area (Å²) in [6.07, 6.45) is 1.09. The molecule has 0 spiro atoms. The number of hydrogen-bond acceptors (Lipinski definition) is 4. The Morgan fingerprint density at radius 2 is 1.69 bits per heavy atom. The second kappa shape index (κ2) is 4.08. The van der Waals surface area contributed by atoms with Gasteiger partial charge in [0.1, 0.15) is 6.33 Å². The molecular formula is C7H2F4N4S. The summed E-state index contributed by atoms with van der Waals surface area (Å²) >= 11 is 0.377. The van der Waals surface area contributed by atoms with E-state index in [4.69, 9.17) is 0 Å². The first-order valence-corrected chi connectivity index (χ1v) is 4.64. The molecule has 1 N–H and O–H groups in total. The van der Waals surface area contributed by atoms with Crippen molar-refractivity contribution in [2.24, 2.45) is 0 Å². The molecule has 0 aliphatic rings. The first kappa shape index (κ1) is 10.9. The van der Waals surface area contributed by atoms with Gasteiger partial charge in [0.15, 0.2) is 16.8 Å². The highest BCUT2D eigenvalue weighted by atomic mass is 32.2. The van der Waals surface area contributed by atoms with E-state index in [1.165, 1.54) is 0 Å². The van der Waals surface area contributed by atoms with Crippen molar-refractivity contribution in [3.8, 4) is 0 Å². The molecule has 0 aliphatic heterocycles. The van der Waals surface area contributed by atoms with Crippen molar-refractivity contribution in [1.29, 1.82) is 0 Å². The van der Waals surface area contributed by atoms with Gasteiger partial charge in [-0.1, -0.05) is 0 Å². The summed E-state index contributed by atoms with van der Waals surface area (Å²) in [5, 5.41) is 5.70. The van der Waals surface area contributed by atoms with E-state index >= 15 is 0 Å². The van der Waals surface area contributed by atoms with E-state index in [2.05, 4.69) is 20.2 Å². The molecule has 84 valence electrons. The molecule has 2 heterocycles.